The molecule has 0 aliphatic heterocycles. The molecule has 1 N–H and O–H groups in total. The van der Waals surface area contributed by atoms with Gasteiger partial charge in [0.25, 0.3) is 0 Å². The minimum Gasteiger partial charge on any atom is -0.491 e. The zero-order valence-electron chi connectivity index (χ0n) is 8.54. The highest BCUT2D eigenvalue weighted by molar-refractivity contribution is 9.10. The summed E-state index contributed by atoms with van der Waals surface area (Å²) in [5.74, 6) is 0.231. The summed E-state index contributed by atoms with van der Waals surface area (Å²) in [5.41, 5.74) is 0. The average Bonchev–Trinajstić information content (AvgIpc) is 2.20. The van der Waals surface area contributed by atoms with E-state index in [1.165, 1.54) is 6.07 Å². The van der Waals surface area contributed by atoms with E-state index in [-0.39, 0.29) is 12.4 Å². The standard InChI is InChI=1S/C11H14BrFO2/c1-2-3-8(14)7-15-9-4-5-11(13)10(12)6-9/h4-6,8,14H,2-3,7H2,1H3/t8-/m1/s1. The van der Waals surface area contributed by atoms with Gasteiger partial charge in [0.1, 0.15) is 18.2 Å². The minimum atomic E-state index is -0.459. The Hall–Kier alpha value is -0.610. The van der Waals surface area contributed by atoms with Crippen LogP contribution in [0.4, 0.5) is 4.39 Å². The molecule has 0 radical (unpaired) electrons. The van der Waals surface area contributed by atoms with Crippen LogP contribution < -0.4 is 4.74 Å². The van der Waals surface area contributed by atoms with Gasteiger partial charge >= 0.3 is 0 Å². The van der Waals surface area contributed by atoms with E-state index in [0.717, 1.165) is 6.42 Å². The van der Waals surface area contributed by atoms with Crippen molar-refractivity contribution in [3.8, 4) is 5.75 Å². The van der Waals surface area contributed by atoms with Crippen molar-refractivity contribution < 1.29 is 14.2 Å². The Balaban J connectivity index is 2.47. The smallest absolute Gasteiger partial charge is 0.137 e. The Morgan fingerprint density at radius 3 is 2.87 bits per heavy atom. The largest absolute Gasteiger partial charge is 0.491 e. The first-order valence-electron chi connectivity index (χ1n) is 4.89. The summed E-state index contributed by atoms with van der Waals surface area (Å²) >= 11 is 3.07. The van der Waals surface area contributed by atoms with Gasteiger partial charge in [-0.05, 0) is 40.5 Å². The van der Waals surface area contributed by atoms with Crippen molar-refractivity contribution in [3.63, 3.8) is 0 Å². The molecule has 0 spiro atoms. The SMILES string of the molecule is CCC[C@@H](O)COc1ccc(F)c(Br)c1. The summed E-state index contributed by atoms with van der Waals surface area (Å²) < 4.78 is 18.5. The maximum atomic E-state index is 12.9. The topological polar surface area (TPSA) is 29.5 Å². The Labute approximate surface area is 97.2 Å². The molecule has 1 atom stereocenters. The van der Waals surface area contributed by atoms with Crippen molar-refractivity contribution in [1.29, 1.82) is 0 Å². The molecule has 0 heterocycles. The van der Waals surface area contributed by atoms with Gasteiger partial charge in [-0.25, -0.2) is 4.39 Å². The molecule has 0 aliphatic carbocycles. The second kappa shape index (κ2) is 6.08. The van der Waals surface area contributed by atoms with Crippen molar-refractivity contribution in [2.24, 2.45) is 0 Å². The lowest BCUT2D eigenvalue weighted by molar-refractivity contribution is 0.0993. The lowest BCUT2D eigenvalue weighted by Crippen LogP contribution is -2.16. The van der Waals surface area contributed by atoms with Crippen molar-refractivity contribution in [2.75, 3.05) is 6.61 Å². The minimum absolute atomic E-state index is 0.242. The van der Waals surface area contributed by atoms with Gasteiger partial charge in [-0.3, -0.25) is 0 Å². The average molecular weight is 277 g/mol. The highest BCUT2D eigenvalue weighted by Gasteiger charge is 2.05. The van der Waals surface area contributed by atoms with Crippen molar-refractivity contribution in [3.05, 3.63) is 28.5 Å². The summed E-state index contributed by atoms with van der Waals surface area (Å²) in [7, 11) is 0. The number of aliphatic hydroxyl groups excluding tert-OH is 1. The van der Waals surface area contributed by atoms with Gasteiger partial charge in [0.2, 0.25) is 0 Å². The highest BCUT2D eigenvalue weighted by Crippen LogP contribution is 2.21. The van der Waals surface area contributed by atoms with Gasteiger partial charge in [-0.15, -0.1) is 0 Å². The zero-order chi connectivity index (χ0) is 11.3. The van der Waals surface area contributed by atoms with Crippen LogP contribution in [0, 0.1) is 5.82 Å². The Morgan fingerprint density at radius 1 is 1.53 bits per heavy atom. The van der Waals surface area contributed by atoms with Crippen LogP contribution in [0.1, 0.15) is 19.8 Å². The van der Waals surface area contributed by atoms with Gasteiger partial charge in [0.05, 0.1) is 10.6 Å². The van der Waals surface area contributed by atoms with E-state index in [2.05, 4.69) is 15.9 Å². The van der Waals surface area contributed by atoms with E-state index in [1.807, 2.05) is 6.92 Å². The van der Waals surface area contributed by atoms with E-state index in [9.17, 15) is 9.50 Å². The fraction of sp³-hybridized carbons (Fsp3) is 0.455. The van der Waals surface area contributed by atoms with Crippen LogP contribution in [-0.4, -0.2) is 17.8 Å². The number of hydrogen-bond acceptors (Lipinski definition) is 2. The van der Waals surface area contributed by atoms with E-state index in [1.54, 1.807) is 12.1 Å². The van der Waals surface area contributed by atoms with E-state index in [4.69, 9.17) is 4.74 Å². The van der Waals surface area contributed by atoms with Crippen LogP contribution in [0.2, 0.25) is 0 Å². The maximum Gasteiger partial charge on any atom is 0.137 e. The Kier molecular flexibility index (Phi) is 5.05. The first-order chi connectivity index (χ1) is 7.13. The van der Waals surface area contributed by atoms with Crippen molar-refractivity contribution >= 4 is 15.9 Å². The lowest BCUT2D eigenvalue weighted by Gasteiger charge is -2.11. The van der Waals surface area contributed by atoms with Crippen LogP contribution in [-0.2, 0) is 0 Å². The molecule has 0 bridgehead atoms. The molecule has 0 unspecified atom stereocenters. The molecule has 0 amide bonds. The first-order valence-corrected chi connectivity index (χ1v) is 5.68. The van der Waals surface area contributed by atoms with Gasteiger partial charge < -0.3 is 9.84 Å². The summed E-state index contributed by atoms with van der Waals surface area (Å²) in [5, 5.41) is 9.42. The predicted octanol–water partition coefficient (Wildman–Crippen LogP) is 3.13. The van der Waals surface area contributed by atoms with E-state index in [0.29, 0.717) is 16.6 Å². The number of rotatable bonds is 5. The van der Waals surface area contributed by atoms with Crippen LogP contribution in [0.25, 0.3) is 0 Å². The van der Waals surface area contributed by atoms with Crippen molar-refractivity contribution in [2.45, 2.75) is 25.9 Å². The van der Waals surface area contributed by atoms with Gasteiger partial charge in [0, 0.05) is 0 Å². The molecule has 15 heavy (non-hydrogen) atoms. The Bertz CT molecular complexity index is 317. The summed E-state index contributed by atoms with van der Waals surface area (Å²) in [4.78, 5) is 0. The fourth-order valence-corrected chi connectivity index (χ4v) is 1.53. The summed E-state index contributed by atoms with van der Waals surface area (Å²) in [6, 6.07) is 4.42. The van der Waals surface area contributed by atoms with Gasteiger partial charge in [-0.2, -0.15) is 0 Å². The fourth-order valence-electron chi connectivity index (χ4n) is 1.18. The molecule has 2 nitrogen and oxygen atoms in total. The van der Waals surface area contributed by atoms with E-state index < -0.39 is 6.10 Å². The van der Waals surface area contributed by atoms with Crippen LogP contribution >= 0.6 is 15.9 Å². The second-order valence-corrected chi connectivity index (χ2v) is 4.18. The third-order valence-corrected chi connectivity index (χ3v) is 2.56. The number of benzene rings is 1. The summed E-state index contributed by atoms with van der Waals surface area (Å²) in [6.07, 6.45) is 1.17. The van der Waals surface area contributed by atoms with Gasteiger partial charge in [-0.1, -0.05) is 13.3 Å². The third-order valence-electron chi connectivity index (χ3n) is 1.96. The summed E-state index contributed by atoms with van der Waals surface area (Å²) in [6.45, 7) is 2.24. The number of hydrogen-bond donors (Lipinski definition) is 1. The van der Waals surface area contributed by atoms with E-state index >= 15 is 0 Å². The van der Waals surface area contributed by atoms with Crippen molar-refractivity contribution in [1.82, 2.24) is 0 Å². The quantitative estimate of drug-likeness (QED) is 0.896. The number of ether oxygens (including phenoxy) is 1. The molecule has 84 valence electrons. The molecular weight excluding hydrogens is 263 g/mol. The predicted molar refractivity (Wildman–Crippen MR) is 60.5 cm³/mol. The number of halogens is 2. The molecule has 1 aromatic rings. The van der Waals surface area contributed by atoms with Crippen LogP contribution in [0.15, 0.2) is 22.7 Å². The molecule has 0 saturated carbocycles. The molecule has 1 rings (SSSR count). The molecule has 4 heteroatoms. The monoisotopic (exact) mass is 276 g/mol. The van der Waals surface area contributed by atoms with Gasteiger partial charge in [0.15, 0.2) is 0 Å². The first kappa shape index (κ1) is 12.5. The Morgan fingerprint density at radius 2 is 2.27 bits per heavy atom. The third kappa shape index (κ3) is 4.18. The zero-order valence-corrected chi connectivity index (χ0v) is 10.1. The molecule has 0 aromatic heterocycles. The molecule has 1 aromatic carbocycles. The number of aliphatic hydroxyl groups is 1. The molecule has 0 saturated heterocycles. The molecular formula is C11H14BrFO2. The second-order valence-electron chi connectivity index (χ2n) is 3.33. The molecule has 0 fully saturated rings. The highest BCUT2D eigenvalue weighted by atomic mass is 79.9. The maximum absolute atomic E-state index is 12.9. The van der Waals surface area contributed by atoms with Crippen LogP contribution in [0.3, 0.4) is 0 Å². The normalized spacial score (nSPS) is 12.5. The molecule has 0 aliphatic rings. The lowest BCUT2D eigenvalue weighted by atomic mass is 10.2. The van der Waals surface area contributed by atoms with Crippen LogP contribution in [0.5, 0.6) is 5.75 Å².